The summed E-state index contributed by atoms with van der Waals surface area (Å²) in [5, 5.41) is 9.00. The van der Waals surface area contributed by atoms with Crippen LogP contribution in [0.1, 0.15) is 37.8 Å². The van der Waals surface area contributed by atoms with E-state index in [1.165, 1.54) is 0 Å². The number of hydrogen-bond donors (Lipinski definition) is 0. The molecule has 0 bridgehead atoms. The lowest BCUT2D eigenvalue weighted by Crippen LogP contribution is -2.10. The van der Waals surface area contributed by atoms with Gasteiger partial charge < -0.3 is 4.74 Å². The molecule has 1 aromatic rings. The molecule has 0 aliphatic heterocycles. The van der Waals surface area contributed by atoms with Crippen LogP contribution in [0.5, 0.6) is 5.88 Å². The third kappa shape index (κ3) is 3.23. The van der Waals surface area contributed by atoms with Gasteiger partial charge in [-0.05, 0) is 30.9 Å². The van der Waals surface area contributed by atoms with Crippen LogP contribution in [0.3, 0.4) is 0 Å². The first-order chi connectivity index (χ1) is 7.69. The van der Waals surface area contributed by atoms with E-state index in [4.69, 9.17) is 10.00 Å². The average molecular weight is 218 g/mol. The second kappa shape index (κ2) is 6.12. The number of pyridine rings is 1. The first-order valence-corrected chi connectivity index (χ1v) is 5.67. The maximum absolute atomic E-state index is 9.00. The Morgan fingerprint density at radius 2 is 2.31 bits per heavy atom. The van der Waals surface area contributed by atoms with Crippen molar-refractivity contribution in [3.8, 4) is 11.9 Å². The number of rotatable bonds is 5. The highest BCUT2D eigenvalue weighted by atomic mass is 16.5. The molecule has 1 atom stereocenters. The van der Waals surface area contributed by atoms with Gasteiger partial charge in [0.15, 0.2) is 0 Å². The summed E-state index contributed by atoms with van der Waals surface area (Å²) in [6.07, 6.45) is 3.96. The Balaban J connectivity index is 2.67. The molecule has 0 saturated carbocycles. The minimum Gasteiger partial charge on any atom is -0.476 e. The van der Waals surface area contributed by atoms with Crippen molar-refractivity contribution in [3.63, 3.8) is 0 Å². The van der Waals surface area contributed by atoms with Gasteiger partial charge in [-0.15, -0.1) is 0 Å². The largest absolute Gasteiger partial charge is 0.476 e. The number of aromatic nitrogens is 1. The van der Waals surface area contributed by atoms with Crippen LogP contribution in [0.4, 0.5) is 0 Å². The van der Waals surface area contributed by atoms with E-state index in [0.717, 1.165) is 18.4 Å². The summed E-state index contributed by atoms with van der Waals surface area (Å²) in [6.45, 7) is 6.81. The van der Waals surface area contributed by atoms with Gasteiger partial charge in [0.2, 0.25) is 5.88 Å². The van der Waals surface area contributed by atoms with Crippen molar-refractivity contribution < 1.29 is 4.74 Å². The molecule has 0 aliphatic carbocycles. The average Bonchev–Trinajstić information content (AvgIpc) is 2.27. The molecular weight excluding hydrogens is 200 g/mol. The maximum atomic E-state index is 9.00. The summed E-state index contributed by atoms with van der Waals surface area (Å²) >= 11 is 0. The molecule has 1 rings (SSSR count). The summed E-state index contributed by atoms with van der Waals surface area (Å²) in [6, 6.07) is 3.95. The third-order valence-electron chi connectivity index (χ3n) is 2.52. The first-order valence-electron chi connectivity index (χ1n) is 5.67. The van der Waals surface area contributed by atoms with Gasteiger partial charge in [-0.3, -0.25) is 0 Å². The van der Waals surface area contributed by atoms with Gasteiger partial charge in [0.25, 0.3) is 0 Å². The first kappa shape index (κ1) is 12.5. The van der Waals surface area contributed by atoms with Crippen LogP contribution >= 0.6 is 0 Å². The fourth-order valence-corrected chi connectivity index (χ4v) is 1.58. The minimum atomic E-state index is 0.463. The Kier molecular flexibility index (Phi) is 4.78. The molecule has 3 heteroatoms. The third-order valence-corrected chi connectivity index (χ3v) is 2.52. The molecule has 0 aromatic carbocycles. The zero-order valence-corrected chi connectivity index (χ0v) is 10.2. The van der Waals surface area contributed by atoms with Crippen molar-refractivity contribution in [3.05, 3.63) is 23.4 Å². The topological polar surface area (TPSA) is 45.9 Å². The van der Waals surface area contributed by atoms with Gasteiger partial charge in [0, 0.05) is 6.20 Å². The van der Waals surface area contributed by atoms with E-state index in [9.17, 15) is 0 Å². The highest BCUT2D eigenvalue weighted by Crippen LogP contribution is 2.18. The molecule has 1 unspecified atom stereocenters. The quantitative estimate of drug-likeness (QED) is 0.763. The Morgan fingerprint density at radius 3 is 2.94 bits per heavy atom. The van der Waals surface area contributed by atoms with Crippen LogP contribution in [0.25, 0.3) is 0 Å². The van der Waals surface area contributed by atoms with E-state index < -0.39 is 0 Å². The lowest BCUT2D eigenvalue weighted by atomic mass is 10.1. The Bertz CT molecular complexity index is 382. The number of nitrogens with zero attached hydrogens (tertiary/aromatic N) is 2. The standard InChI is InChI=1S/C13H18N2O/c1-4-5-10(2)9-16-13-12(8-14)11(3)6-7-15-13/h6-7,10H,4-5,9H2,1-3H3. The normalized spacial score (nSPS) is 11.9. The fraction of sp³-hybridized carbons (Fsp3) is 0.538. The molecular formula is C13H18N2O. The molecule has 0 radical (unpaired) electrons. The molecule has 0 saturated heterocycles. The molecule has 0 N–H and O–H groups in total. The monoisotopic (exact) mass is 218 g/mol. The van der Waals surface area contributed by atoms with Crippen molar-refractivity contribution in [2.45, 2.75) is 33.6 Å². The second-order valence-electron chi connectivity index (χ2n) is 4.12. The summed E-state index contributed by atoms with van der Waals surface area (Å²) in [5.74, 6) is 0.962. The lowest BCUT2D eigenvalue weighted by molar-refractivity contribution is 0.242. The van der Waals surface area contributed by atoms with Crippen LogP contribution < -0.4 is 4.74 Å². The molecule has 86 valence electrons. The lowest BCUT2D eigenvalue weighted by Gasteiger charge is -2.12. The molecule has 16 heavy (non-hydrogen) atoms. The minimum absolute atomic E-state index is 0.463. The smallest absolute Gasteiger partial charge is 0.231 e. The van der Waals surface area contributed by atoms with Gasteiger partial charge in [0.05, 0.1) is 6.61 Å². The fourth-order valence-electron chi connectivity index (χ4n) is 1.58. The van der Waals surface area contributed by atoms with Crippen LogP contribution in [0, 0.1) is 24.2 Å². The summed E-state index contributed by atoms with van der Waals surface area (Å²) in [5.41, 5.74) is 1.46. The zero-order chi connectivity index (χ0) is 12.0. The van der Waals surface area contributed by atoms with Crippen LogP contribution in [-0.2, 0) is 0 Å². The number of nitriles is 1. The number of ether oxygens (including phenoxy) is 1. The Hall–Kier alpha value is -1.56. The highest BCUT2D eigenvalue weighted by Gasteiger charge is 2.09. The maximum Gasteiger partial charge on any atom is 0.231 e. The molecule has 1 aromatic heterocycles. The molecule has 0 amide bonds. The molecule has 0 spiro atoms. The molecule has 1 heterocycles. The molecule has 0 aliphatic rings. The SMILES string of the molecule is CCCC(C)COc1nccc(C)c1C#N. The van der Waals surface area contributed by atoms with E-state index >= 15 is 0 Å². The predicted molar refractivity (Wildman–Crippen MR) is 63.3 cm³/mol. The van der Waals surface area contributed by atoms with Crippen LogP contribution in [0.2, 0.25) is 0 Å². The van der Waals surface area contributed by atoms with Crippen molar-refractivity contribution in [1.82, 2.24) is 4.98 Å². The Morgan fingerprint density at radius 1 is 1.56 bits per heavy atom. The van der Waals surface area contributed by atoms with E-state index in [0.29, 0.717) is 24.0 Å². The van der Waals surface area contributed by atoms with Gasteiger partial charge in [-0.2, -0.15) is 5.26 Å². The van der Waals surface area contributed by atoms with E-state index in [1.54, 1.807) is 6.20 Å². The predicted octanol–water partition coefficient (Wildman–Crippen LogP) is 3.08. The van der Waals surface area contributed by atoms with E-state index in [-0.39, 0.29) is 0 Å². The van der Waals surface area contributed by atoms with Gasteiger partial charge in [0.1, 0.15) is 11.6 Å². The van der Waals surface area contributed by atoms with E-state index in [1.807, 2.05) is 13.0 Å². The molecule has 3 nitrogen and oxygen atoms in total. The van der Waals surface area contributed by atoms with Crippen molar-refractivity contribution >= 4 is 0 Å². The van der Waals surface area contributed by atoms with Gasteiger partial charge >= 0.3 is 0 Å². The van der Waals surface area contributed by atoms with Gasteiger partial charge in [-0.1, -0.05) is 20.3 Å². The van der Waals surface area contributed by atoms with Crippen molar-refractivity contribution in [2.75, 3.05) is 6.61 Å². The van der Waals surface area contributed by atoms with Crippen molar-refractivity contribution in [1.29, 1.82) is 5.26 Å². The Labute approximate surface area is 97.1 Å². The van der Waals surface area contributed by atoms with E-state index in [2.05, 4.69) is 24.9 Å². The molecule has 0 fully saturated rings. The summed E-state index contributed by atoms with van der Waals surface area (Å²) in [4.78, 5) is 4.10. The highest BCUT2D eigenvalue weighted by molar-refractivity contribution is 5.43. The number of aryl methyl sites for hydroxylation is 1. The zero-order valence-electron chi connectivity index (χ0n) is 10.2. The second-order valence-corrected chi connectivity index (χ2v) is 4.12. The summed E-state index contributed by atoms with van der Waals surface area (Å²) in [7, 11) is 0. The number of hydrogen-bond acceptors (Lipinski definition) is 3. The van der Waals surface area contributed by atoms with Crippen LogP contribution in [-0.4, -0.2) is 11.6 Å². The van der Waals surface area contributed by atoms with Gasteiger partial charge in [-0.25, -0.2) is 4.98 Å². The van der Waals surface area contributed by atoms with Crippen LogP contribution in [0.15, 0.2) is 12.3 Å². The summed E-state index contributed by atoms with van der Waals surface area (Å²) < 4.78 is 5.59. The van der Waals surface area contributed by atoms with Crippen molar-refractivity contribution in [2.24, 2.45) is 5.92 Å².